The van der Waals surface area contributed by atoms with E-state index in [9.17, 15) is 31.9 Å². The maximum atomic E-state index is 15.4. The van der Waals surface area contributed by atoms with Crippen molar-refractivity contribution in [2.24, 2.45) is 0 Å². The first-order valence-corrected chi connectivity index (χ1v) is 13.3. The highest BCUT2D eigenvalue weighted by Gasteiger charge is 2.67. The van der Waals surface area contributed by atoms with Gasteiger partial charge in [-0.1, -0.05) is 18.2 Å². The van der Waals surface area contributed by atoms with E-state index in [1.165, 1.54) is 30.3 Å². The number of fused-ring (bicyclic) bond motifs is 2. The van der Waals surface area contributed by atoms with Gasteiger partial charge in [-0.2, -0.15) is 13.2 Å². The van der Waals surface area contributed by atoms with Crippen molar-refractivity contribution in [3.8, 4) is 0 Å². The van der Waals surface area contributed by atoms with Crippen molar-refractivity contribution in [2.75, 3.05) is 44.9 Å². The van der Waals surface area contributed by atoms with Crippen LogP contribution < -0.4 is 10.2 Å². The lowest BCUT2D eigenvalue weighted by Gasteiger charge is -2.50. The van der Waals surface area contributed by atoms with Crippen LogP contribution in [0.3, 0.4) is 0 Å². The predicted molar refractivity (Wildman–Crippen MR) is 136 cm³/mol. The predicted octanol–water partition coefficient (Wildman–Crippen LogP) is 3.26. The van der Waals surface area contributed by atoms with Crippen LogP contribution in [0.4, 0.5) is 36.8 Å². The second kappa shape index (κ2) is 9.84. The number of hydrogen-bond donors (Lipinski definition) is 1. The van der Waals surface area contributed by atoms with Gasteiger partial charge in [-0.05, 0) is 35.4 Å². The number of anilines is 1. The van der Waals surface area contributed by atoms with Gasteiger partial charge in [0, 0.05) is 38.0 Å². The summed E-state index contributed by atoms with van der Waals surface area (Å²) in [6.07, 6.45) is -6.12. The molecule has 2 aromatic carbocycles. The summed E-state index contributed by atoms with van der Waals surface area (Å²) in [6.45, 7) is -2.60. The van der Waals surface area contributed by atoms with E-state index in [2.05, 4.69) is 5.32 Å². The first-order valence-electron chi connectivity index (χ1n) is 13.3. The maximum Gasteiger partial charge on any atom is 0.416 e. The summed E-state index contributed by atoms with van der Waals surface area (Å²) in [5.41, 5.74) is -4.96. The van der Waals surface area contributed by atoms with Crippen LogP contribution >= 0.6 is 0 Å². The average Bonchev–Trinajstić information content (AvgIpc) is 3.25. The lowest BCUT2D eigenvalue weighted by molar-refractivity contribution is -0.302. The summed E-state index contributed by atoms with van der Waals surface area (Å²) >= 11 is 0. The van der Waals surface area contributed by atoms with Crippen molar-refractivity contribution < 1.29 is 50.2 Å². The normalized spacial score (nSPS) is 24.1. The van der Waals surface area contributed by atoms with Gasteiger partial charge < -0.3 is 24.6 Å². The fourth-order valence-corrected chi connectivity index (χ4v) is 6.04. The molecule has 0 radical (unpaired) electrons. The minimum Gasteiger partial charge on any atom is -0.378 e. The monoisotopic (exact) mass is 612 g/mol. The number of nitrogens with zero attached hydrogens (tertiary/aromatic N) is 3. The molecule has 3 heterocycles. The first kappa shape index (κ1) is 29.2. The third kappa shape index (κ3) is 4.51. The zero-order valence-electron chi connectivity index (χ0n) is 22.7. The van der Waals surface area contributed by atoms with Crippen LogP contribution in [0.15, 0.2) is 42.5 Å². The molecule has 3 aliphatic heterocycles. The standard InChI is InChI=1S/C28H26F6N4O5/c1-42-19-10-36(11-19)18-6-7-20-21(8-18)27(30,31)13-26(20)23(40)37(24(41)35-26)12-22(39)38(9-16-2-4-17(29)5-3-16)25(14-43-15-25)28(32,33)34/h2-8,19H,9-15H2,1H3,(H,35,41)/t26-/m0/s1. The number of alkyl halides is 5. The topological polar surface area (TPSA) is 91.4 Å². The quantitative estimate of drug-likeness (QED) is 0.382. The number of amides is 4. The molecular formula is C28H26F6N4O5. The Morgan fingerprint density at radius 2 is 1.77 bits per heavy atom. The molecular weight excluding hydrogens is 586 g/mol. The summed E-state index contributed by atoms with van der Waals surface area (Å²) < 4.78 is 97.0. The Bertz CT molecular complexity index is 1470. The number of carbonyl (C=O) groups is 3. The molecule has 1 aliphatic carbocycles. The number of methoxy groups -OCH3 is 1. The first-order chi connectivity index (χ1) is 20.2. The summed E-state index contributed by atoms with van der Waals surface area (Å²) in [5, 5.41) is 2.30. The van der Waals surface area contributed by atoms with Crippen molar-refractivity contribution >= 4 is 23.5 Å². The largest absolute Gasteiger partial charge is 0.416 e. The molecule has 4 amide bonds. The number of ether oxygens (including phenoxy) is 2. The van der Waals surface area contributed by atoms with E-state index in [-0.39, 0.29) is 17.2 Å². The summed E-state index contributed by atoms with van der Waals surface area (Å²) in [6, 6.07) is 7.33. The van der Waals surface area contributed by atoms with Crippen molar-refractivity contribution in [1.29, 1.82) is 0 Å². The molecule has 2 aromatic rings. The lowest BCUT2D eigenvalue weighted by Crippen LogP contribution is -2.72. The SMILES string of the molecule is COC1CN(c2ccc3c(c2)C(F)(F)C[C@]32NC(=O)N(CC(=O)N(Cc3ccc(F)cc3)C3(C(F)(F)F)COC3)C2=O)C1. The van der Waals surface area contributed by atoms with Crippen LogP contribution in [-0.2, 0) is 37.1 Å². The molecule has 3 saturated heterocycles. The van der Waals surface area contributed by atoms with Gasteiger partial charge in [-0.15, -0.1) is 0 Å². The molecule has 1 atom stereocenters. The summed E-state index contributed by atoms with van der Waals surface area (Å²) in [4.78, 5) is 42.8. The van der Waals surface area contributed by atoms with Gasteiger partial charge >= 0.3 is 12.2 Å². The molecule has 0 bridgehead atoms. The molecule has 15 heteroatoms. The molecule has 43 heavy (non-hydrogen) atoms. The number of benzene rings is 2. The number of carbonyl (C=O) groups excluding carboxylic acids is 3. The second-order valence-electron chi connectivity index (χ2n) is 11.2. The van der Waals surface area contributed by atoms with Gasteiger partial charge in [0.05, 0.1) is 25.7 Å². The van der Waals surface area contributed by atoms with Gasteiger partial charge in [0.1, 0.15) is 12.4 Å². The number of rotatable bonds is 7. The van der Waals surface area contributed by atoms with E-state index in [1.54, 1.807) is 7.11 Å². The molecule has 1 N–H and O–H groups in total. The van der Waals surface area contributed by atoms with E-state index < -0.39 is 85.1 Å². The minimum atomic E-state index is -4.96. The van der Waals surface area contributed by atoms with Gasteiger partial charge in [-0.25, -0.2) is 18.0 Å². The number of halogens is 6. The Morgan fingerprint density at radius 1 is 1.09 bits per heavy atom. The van der Waals surface area contributed by atoms with Crippen molar-refractivity contribution in [3.05, 3.63) is 65.0 Å². The fourth-order valence-electron chi connectivity index (χ4n) is 6.04. The van der Waals surface area contributed by atoms with Gasteiger partial charge in [0.15, 0.2) is 11.1 Å². The number of imide groups is 1. The van der Waals surface area contributed by atoms with E-state index >= 15 is 8.78 Å². The molecule has 1 spiro atoms. The molecule has 9 nitrogen and oxygen atoms in total. The Morgan fingerprint density at radius 3 is 2.35 bits per heavy atom. The average molecular weight is 613 g/mol. The van der Waals surface area contributed by atoms with Gasteiger partial charge in [0.2, 0.25) is 5.91 Å². The number of hydrogen-bond acceptors (Lipinski definition) is 6. The molecule has 230 valence electrons. The van der Waals surface area contributed by atoms with Crippen molar-refractivity contribution in [2.45, 2.75) is 42.2 Å². The minimum absolute atomic E-state index is 0.0486. The third-order valence-corrected chi connectivity index (χ3v) is 8.64. The Kier molecular flexibility index (Phi) is 6.69. The molecule has 4 aliphatic rings. The summed E-state index contributed by atoms with van der Waals surface area (Å²) in [7, 11) is 1.54. The van der Waals surface area contributed by atoms with E-state index in [4.69, 9.17) is 9.47 Å². The highest BCUT2D eigenvalue weighted by molar-refractivity contribution is 6.10. The van der Waals surface area contributed by atoms with Crippen molar-refractivity contribution in [3.63, 3.8) is 0 Å². The Hall–Kier alpha value is -3.85. The molecule has 0 aromatic heterocycles. The van der Waals surface area contributed by atoms with E-state index in [0.29, 0.717) is 28.6 Å². The van der Waals surface area contributed by atoms with E-state index in [1.807, 2.05) is 4.90 Å². The molecule has 0 saturated carbocycles. The number of nitrogens with one attached hydrogen (secondary N) is 1. The van der Waals surface area contributed by atoms with Gasteiger partial charge in [-0.3, -0.25) is 14.5 Å². The zero-order valence-corrected chi connectivity index (χ0v) is 22.7. The molecule has 0 unspecified atom stereocenters. The molecule has 3 fully saturated rings. The second-order valence-corrected chi connectivity index (χ2v) is 11.2. The Labute approximate surface area is 241 Å². The third-order valence-electron chi connectivity index (χ3n) is 8.64. The van der Waals surface area contributed by atoms with Crippen LogP contribution in [0.2, 0.25) is 0 Å². The highest BCUT2D eigenvalue weighted by Crippen LogP contribution is 2.54. The highest BCUT2D eigenvalue weighted by atomic mass is 19.4. The van der Waals surface area contributed by atoms with E-state index in [0.717, 1.165) is 12.1 Å². The summed E-state index contributed by atoms with van der Waals surface area (Å²) in [5.74, 6) is -6.61. The Balaban J connectivity index is 1.28. The smallest absolute Gasteiger partial charge is 0.378 e. The number of urea groups is 1. The lowest BCUT2D eigenvalue weighted by atomic mass is 9.91. The van der Waals surface area contributed by atoms with Crippen LogP contribution in [0.25, 0.3) is 0 Å². The van der Waals surface area contributed by atoms with Crippen LogP contribution in [0.5, 0.6) is 0 Å². The maximum absolute atomic E-state index is 15.4. The van der Waals surface area contributed by atoms with Crippen LogP contribution in [0.1, 0.15) is 23.1 Å². The van der Waals surface area contributed by atoms with Gasteiger partial charge in [0.25, 0.3) is 11.8 Å². The van der Waals surface area contributed by atoms with Crippen LogP contribution in [-0.4, -0.2) is 85.4 Å². The fraction of sp³-hybridized carbons (Fsp3) is 0.464. The van der Waals surface area contributed by atoms with Crippen LogP contribution in [0, 0.1) is 5.82 Å². The zero-order chi connectivity index (χ0) is 30.9. The molecule has 6 rings (SSSR count). The van der Waals surface area contributed by atoms with Crippen molar-refractivity contribution in [1.82, 2.24) is 15.1 Å².